The number of carbonyl (C=O) groups is 1. The summed E-state index contributed by atoms with van der Waals surface area (Å²) < 4.78 is 4.41. The van der Waals surface area contributed by atoms with Gasteiger partial charge in [0.25, 0.3) is 0 Å². The molecule has 1 N–H and O–H groups in total. The molecule has 1 fully saturated rings. The predicted molar refractivity (Wildman–Crippen MR) is 44.5 cm³/mol. The van der Waals surface area contributed by atoms with Crippen molar-refractivity contribution in [3.05, 3.63) is 0 Å². The third-order valence-corrected chi connectivity index (χ3v) is 2.67. The van der Waals surface area contributed by atoms with E-state index in [4.69, 9.17) is 5.26 Å². The Morgan fingerprint density at radius 3 is 2.54 bits per heavy atom. The van der Waals surface area contributed by atoms with Crippen LogP contribution in [-0.2, 0) is 9.53 Å². The van der Waals surface area contributed by atoms with Gasteiger partial charge in [-0.1, -0.05) is 12.8 Å². The van der Waals surface area contributed by atoms with Crippen molar-refractivity contribution in [3.8, 4) is 6.07 Å². The van der Waals surface area contributed by atoms with Gasteiger partial charge in [-0.2, -0.15) is 5.26 Å². The summed E-state index contributed by atoms with van der Waals surface area (Å²) in [7, 11) is 1.21. The van der Waals surface area contributed by atoms with Gasteiger partial charge in [0.1, 0.15) is 0 Å². The number of aliphatic hydroxyl groups excluding tert-OH is 1. The highest BCUT2D eigenvalue weighted by atomic mass is 16.5. The van der Waals surface area contributed by atoms with Gasteiger partial charge in [-0.15, -0.1) is 0 Å². The summed E-state index contributed by atoms with van der Waals surface area (Å²) in [4.78, 5) is 11.0. The smallest absolute Gasteiger partial charge is 0.336 e. The van der Waals surface area contributed by atoms with Crippen LogP contribution in [0, 0.1) is 16.7 Å². The van der Waals surface area contributed by atoms with Crippen LogP contribution in [0.25, 0.3) is 0 Å². The molecule has 1 atom stereocenters. The highest BCUT2D eigenvalue weighted by Crippen LogP contribution is 2.40. The van der Waals surface area contributed by atoms with Crippen molar-refractivity contribution in [3.63, 3.8) is 0 Å². The maximum Gasteiger partial charge on any atom is 0.336 e. The molecule has 0 aromatic carbocycles. The molecule has 0 bridgehead atoms. The second kappa shape index (κ2) is 3.75. The molecule has 0 aliphatic heterocycles. The zero-order chi connectivity index (χ0) is 9.90. The highest BCUT2D eigenvalue weighted by Gasteiger charge is 2.45. The second-order valence-corrected chi connectivity index (χ2v) is 3.40. The summed E-state index contributed by atoms with van der Waals surface area (Å²) in [5.41, 5.74) is -0.896. The fourth-order valence-electron chi connectivity index (χ4n) is 1.79. The third kappa shape index (κ3) is 1.65. The molecule has 0 saturated heterocycles. The predicted octanol–water partition coefficient (Wildman–Crippen LogP) is 0.604. The van der Waals surface area contributed by atoms with Crippen molar-refractivity contribution >= 4 is 5.97 Å². The first-order chi connectivity index (χ1) is 6.16. The molecule has 1 rings (SSSR count). The van der Waals surface area contributed by atoms with Crippen LogP contribution in [-0.4, -0.2) is 24.3 Å². The largest absolute Gasteiger partial charge is 0.467 e. The first-order valence-electron chi connectivity index (χ1n) is 4.33. The number of carbonyl (C=O) groups excluding carboxylic acids is 1. The second-order valence-electron chi connectivity index (χ2n) is 3.40. The van der Waals surface area contributed by atoms with Crippen LogP contribution in [0.15, 0.2) is 0 Å². The average molecular weight is 183 g/mol. The SMILES string of the molecule is COC(=O)C(O)C1(C#N)CCCC1. The number of nitrogens with zero attached hydrogens (tertiary/aromatic N) is 1. The number of rotatable bonds is 2. The normalized spacial score (nSPS) is 21.9. The lowest BCUT2D eigenvalue weighted by atomic mass is 9.82. The van der Waals surface area contributed by atoms with Crippen molar-refractivity contribution in [2.24, 2.45) is 5.41 Å². The van der Waals surface area contributed by atoms with E-state index >= 15 is 0 Å². The van der Waals surface area contributed by atoms with Gasteiger partial charge in [-0.3, -0.25) is 0 Å². The molecule has 1 unspecified atom stereocenters. The Labute approximate surface area is 77.1 Å². The van der Waals surface area contributed by atoms with Gasteiger partial charge in [0.2, 0.25) is 0 Å². The maximum absolute atomic E-state index is 11.0. The van der Waals surface area contributed by atoms with E-state index in [1.807, 2.05) is 6.07 Å². The molecule has 0 amide bonds. The number of aliphatic hydroxyl groups is 1. The Kier molecular flexibility index (Phi) is 2.89. The molecule has 1 saturated carbocycles. The molecule has 72 valence electrons. The van der Waals surface area contributed by atoms with Crippen molar-refractivity contribution in [1.29, 1.82) is 5.26 Å². The number of nitriles is 1. The molecule has 1 aliphatic rings. The summed E-state index contributed by atoms with van der Waals surface area (Å²) in [5.74, 6) is -0.705. The Hall–Kier alpha value is -1.08. The zero-order valence-electron chi connectivity index (χ0n) is 7.62. The monoisotopic (exact) mass is 183 g/mol. The Balaban J connectivity index is 2.77. The standard InChI is InChI=1S/C9H13NO3/c1-13-8(12)7(11)9(6-10)4-2-3-5-9/h7,11H,2-5H2,1H3. The first kappa shape index (κ1) is 10.0. The minimum atomic E-state index is -1.29. The molecular formula is C9H13NO3. The summed E-state index contributed by atoms with van der Waals surface area (Å²) in [6.45, 7) is 0. The van der Waals surface area contributed by atoms with Crippen molar-refractivity contribution in [2.45, 2.75) is 31.8 Å². The van der Waals surface area contributed by atoms with E-state index in [9.17, 15) is 9.90 Å². The van der Waals surface area contributed by atoms with Crippen LogP contribution in [0.5, 0.6) is 0 Å². The summed E-state index contributed by atoms with van der Waals surface area (Å²) in [6, 6.07) is 2.04. The lowest BCUT2D eigenvalue weighted by molar-refractivity contribution is -0.155. The van der Waals surface area contributed by atoms with Crippen LogP contribution in [0.1, 0.15) is 25.7 Å². The van der Waals surface area contributed by atoms with Gasteiger partial charge in [0.15, 0.2) is 6.10 Å². The molecule has 0 radical (unpaired) electrons. The minimum absolute atomic E-state index is 0.583. The molecule has 1 aliphatic carbocycles. The maximum atomic E-state index is 11.0. The number of hydrogen-bond acceptors (Lipinski definition) is 4. The van der Waals surface area contributed by atoms with Gasteiger partial charge in [0, 0.05) is 0 Å². The molecule has 4 nitrogen and oxygen atoms in total. The Morgan fingerprint density at radius 1 is 1.62 bits per heavy atom. The lowest BCUT2D eigenvalue weighted by Gasteiger charge is -2.24. The highest BCUT2D eigenvalue weighted by molar-refractivity contribution is 5.76. The minimum Gasteiger partial charge on any atom is -0.467 e. The number of esters is 1. The van der Waals surface area contributed by atoms with Crippen LogP contribution in [0.2, 0.25) is 0 Å². The third-order valence-electron chi connectivity index (χ3n) is 2.67. The van der Waals surface area contributed by atoms with E-state index in [1.54, 1.807) is 0 Å². The molecule has 0 spiro atoms. The van der Waals surface area contributed by atoms with Crippen LogP contribution < -0.4 is 0 Å². The number of ether oxygens (including phenoxy) is 1. The first-order valence-corrected chi connectivity index (χ1v) is 4.33. The quantitative estimate of drug-likeness (QED) is 0.636. The molecule has 0 heterocycles. The molecule has 0 aromatic heterocycles. The number of hydrogen-bond donors (Lipinski definition) is 1. The average Bonchev–Trinajstić information content (AvgIpc) is 2.65. The van der Waals surface area contributed by atoms with Crippen molar-refractivity contribution < 1.29 is 14.6 Å². The van der Waals surface area contributed by atoms with Gasteiger partial charge in [0.05, 0.1) is 18.6 Å². The van der Waals surface area contributed by atoms with Crippen molar-refractivity contribution in [1.82, 2.24) is 0 Å². The van der Waals surface area contributed by atoms with E-state index < -0.39 is 17.5 Å². The Bertz CT molecular complexity index is 238. The molecule has 4 heteroatoms. The molecule has 0 aromatic rings. The van der Waals surface area contributed by atoms with Gasteiger partial charge in [-0.05, 0) is 12.8 Å². The van der Waals surface area contributed by atoms with Gasteiger partial charge >= 0.3 is 5.97 Å². The van der Waals surface area contributed by atoms with E-state index in [0.717, 1.165) is 12.8 Å². The summed E-state index contributed by atoms with van der Waals surface area (Å²) in [6.07, 6.45) is 1.66. The lowest BCUT2D eigenvalue weighted by Crippen LogP contribution is -2.38. The van der Waals surface area contributed by atoms with Gasteiger partial charge in [-0.25, -0.2) is 4.79 Å². The fraction of sp³-hybridized carbons (Fsp3) is 0.778. The van der Waals surface area contributed by atoms with Crippen LogP contribution >= 0.6 is 0 Å². The molecular weight excluding hydrogens is 170 g/mol. The van der Waals surface area contributed by atoms with Crippen LogP contribution in [0.3, 0.4) is 0 Å². The van der Waals surface area contributed by atoms with E-state index in [0.29, 0.717) is 12.8 Å². The number of methoxy groups -OCH3 is 1. The topological polar surface area (TPSA) is 70.3 Å². The zero-order valence-corrected chi connectivity index (χ0v) is 7.62. The Morgan fingerprint density at radius 2 is 2.15 bits per heavy atom. The summed E-state index contributed by atoms with van der Waals surface area (Å²) >= 11 is 0. The van der Waals surface area contributed by atoms with Crippen LogP contribution in [0.4, 0.5) is 0 Å². The van der Waals surface area contributed by atoms with E-state index in [-0.39, 0.29) is 0 Å². The van der Waals surface area contributed by atoms with E-state index in [1.165, 1.54) is 7.11 Å². The fourth-order valence-corrected chi connectivity index (χ4v) is 1.79. The van der Waals surface area contributed by atoms with Crippen molar-refractivity contribution in [2.75, 3.05) is 7.11 Å². The van der Waals surface area contributed by atoms with Gasteiger partial charge < -0.3 is 9.84 Å². The summed E-state index contributed by atoms with van der Waals surface area (Å²) in [5, 5.41) is 18.5. The molecule has 13 heavy (non-hydrogen) atoms. The van der Waals surface area contributed by atoms with E-state index in [2.05, 4.69) is 4.74 Å².